The van der Waals surface area contributed by atoms with Gasteiger partial charge >= 0.3 is 0 Å². The monoisotopic (exact) mass is 402 g/mol. The summed E-state index contributed by atoms with van der Waals surface area (Å²) in [5.41, 5.74) is 1.13. The highest BCUT2D eigenvalue weighted by molar-refractivity contribution is 7.89. The molecule has 2 rings (SSSR count). The molecular weight excluding hydrogens is 376 g/mol. The summed E-state index contributed by atoms with van der Waals surface area (Å²) in [7, 11) is -3.39. The second-order valence-electron chi connectivity index (χ2n) is 6.72. The lowest BCUT2D eigenvalue weighted by atomic mass is 10.1. The number of aryl methyl sites for hydroxylation is 1. The summed E-state index contributed by atoms with van der Waals surface area (Å²) in [5.74, 6) is -0.215. The molecule has 1 saturated heterocycles. The third kappa shape index (κ3) is 6.87. The van der Waals surface area contributed by atoms with Crippen LogP contribution in [-0.4, -0.2) is 56.2 Å². The molecule has 26 heavy (non-hydrogen) atoms. The van der Waals surface area contributed by atoms with Gasteiger partial charge in [-0.1, -0.05) is 23.7 Å². The standard InChI is InChI=1S/C18H27ClN2O4S/c1-14-12-21(13-15(2)25-14)26(23,24)11-10-20-18(22)5-3-4-16-6-8-17(19)9-7-16/h6-9,14-15H,3-5,10-13H2,1-2H3,(H,20,22). The van der Waals surface area contributed by atoms with E-state index in [-0.39, 0.29) is 30.4 Å². The van der Waals surface area contributed by atoms with Crippen molar-refractivity contribution in [3.8, 4) is 0 Å². The number of nitrogens with zero attached hydrogens (tertiary/aromatic N) is 1. The first-order chi connectivity index (χ1) is 12.3. The Bertz CT molecular complexity index is 684. The van der Waals surface area contributed by atoms with E-state index in [9.17, 15) is 13.2 Å². The highest BCUT2D eigenvalue weighted by Gasteiger charge is 2.30. The predicted octanol–water partition coefficient (Wildman–Crippen LogP) is 2.22. The van der Waals surface area contributed by atoms with E-state index in [1.807, 2.05) is 38.1 Å². The van der Waals surface area contributed by atoms with E-state index < -0.39 is 10.0 Å². The SMILES string of the molecule is CC1CN(S(=O)(=O)CCNC(=O)CCCc2ccc(Cl)cc2)CC(C)O1. The van der Waals surface area contributed by atoms with Crippen molar-refractivity contribution in [2.24, 2.45) is 0 Å². The van der Waals surface area contributed by atoms with Crippen molar-refractivity contribution >= 4 is 27.5 Å². The molecule has 0 radical (unpaired) electrons. The van der Waals surface area contributed by atoms with Crippen molar-refractivity contribution in [3.63, 3.8) is 0 Å². The summed E-state index contributed by atoms with van der Waals surface area (Å²) in [6.07, 6.45) is 1.63. The molecule has 0 bridgehead atoms. The van der Waals surface area contributed by atoms with E-state index in [4.69, 9.17) is 16.3 Å². The Morgan fingerprint density at radius 1 is 1.23 bits per heavy atom. The predicted molar refractivity (Wildman–Crippen MR) is 103 cm³/mol. The number of carbonyl (C=O) groups is 1. The molecule has 1 aromatic carbocycles. The highest BCUT2D eigenvalue weighted by atomic mass is 35.5. The average molecular weight is 403 g/mol. The minimum atomic E-state index is -3.39. The number of nitrogens with one attached hydrogen (secondary N) is 1. The van der Waals surface area contributed by atoms with Gasteiger partial charge in [0.1, 0.15) is 0 Å². The molecule has 0 spiro atoms. The Hall–Kier alpha value is -1.15. The molecule has 1 aliphatic heterocycles. The number of rotatable bonds is 8. The summed E-state index contributed by atoms with van der Waals surface area (Å²) in [6, 6.07) is 7.54. The molecule has 0 aromatic heterocycles. The number of halogens is 1. The fraction of sp³-hybridized carbons (Fsp3) is 0.611. The number of hydrogen-bond donors (Lipinski definition) is 1. The lowest BCUT2D eigenvalue weighted by Gasteiger charge is -2.34. The van der Waals surface area contributed by atoms with Crippen LogP contribution in [0.1, 0.15) is 32.3 Å². The van der Waals surface area contributed by atoms with Crippen LogP contribution >= 0.6 is 11.6 Å². The Balaban J connectivity index is 1.67. The van der Waals surface area contributed by atoms with E-state index in [0.717, 1.165) is 12.0 Å². The normalized spacial score (nSPS) is 21.5. The lowest BCUT2D eigenvalue weighted by Crippen LogP contribution is -2.49. The lowest BCUT2D eigenvalue weighted by molar-refractivity contribution is -0.121. The van der Waals surface area contributed by atoms with Gasteiger partial charge in [0, 0.05) is 31.1 Å². The van der Waals surface area contributed by atoms with Gasteiger partial charge < -0.3 is 10.1 Å². The van der Waals surface area contributed by atoms with Crippen LogP contribution in [0.5, 0.6) is 0 Å². The zero-order valence-corrected chi connectivity index (χ0v) is 16.9. The third-order valence-corrected chi connectivity index (χ3v) is 6.30. The fourth-order valence-corrected chi connectivity index (χ4v) is 4.62. The second kappa shape index (κ2) is 9.69. The Morgan fingerprint density at radius 2 is 1.85 bits per heavy atom. The van der Waals surface area contributed by atoms with Gasteiger partial charge in [0.25, 0.3) is 0 Å². The molecule has 0 aliphatic carbocycles. The van der Waals surface area contributed by atoms with Crippen LogP contribution in [0.2, 0.25) is 5.02 Å². The first-order valence-corrected chi connectivity index (χ1v) is 10.9. The highest BCUT2D eigenvalue weighted by Crippen LogP contribution is 2.15. The molecule has 8 heteroatoms. The van der Waals surface area contributed by atoms with Crippen molar-refractivity contribution in [2.75, 3.05) is 25.4 Å². The molecule has 6 nitrogen and oxygen atoms in total. The molecule has 1 fully saturated rings. The molecular formula is C18H27ClN2O4S. The number of benzene rings is 1. The maximum absolute atomic E-state index is 12.4. The van der Waals surface area contributed by atoms with Crippen molar-refractivity contribution in [1.82, 2.24) is 9.62 Å². The van der Waals surface area contributed by atoms with Crippen LogP contribution in [0.15, 0.2) is 24.3 Å². The number of hydrogen-bond acceptors (Lipinski definition) is 4. The van der Waals surface area contributed by atoms with Gasteiger partial charge in [-0.3, -0.25) is 4.79 Å². The van der Waals surface area contributed by atoms with Crippen molar-refractivity contribution in [3.05, 3.63) is 34.9 Å². The van der Waals surface area contributed by atoms with Crippen LogP contribution in [0.25, 0.3) is 0 Å². The van der Waals surface area contributed by atoms with Crippen molar-refractivity contribution in [2.45, 2.75) is 45.3 Å². The molecule has 2 atom stereocenters. The third-order valence-electron chi connectivity index (χ3n) is 4.24. The molecule has 2 unspecified atom stereocenters. The molecule has 1 amide bonds. The Kier molecular flexibility index (Phi) is 7.88. The summed E-state index contributed by atoms with van der Waals surface area (Å²) in [5, 5.41) is 3.39. The molecule has 0 saturated carbocycles. The minimum Gasteiger partial charge on any atom is -0.373 e. The molecule has 1 aliphatic rings. The number of morpholine rings is 1. The van der Waals surface area contributed by atoms with E-state index in [1.165, 1.54) is 4.31 Å². The topological polar surface area (TPSA) is 75.7 Å². The van der Waals surface area contributed by atoms with E-state index in [0.29, 0.717) is 31.0 Å². The first-order valence-electron chi connectivity index (χ1n) is 8.90. The van der Waals surface area contributed by atoms with Gasteiger partial charge in [0.2, 0.25) is 15.9 Å². The molecule has 1 N–H and O–H groups in total. The van der Waals surface area contributed by atoms with Gasteiger partial charge in [-0.05, 0) is 44.4 Å². The number of sulfonamides is 1. The van der Waals surface area contributed by atoms with Gasteiger partial charge in [-0.25, -0.2) is 8.42 Å². The van der Waals surface area contributed by atoms with Crippen LogP contribution < -0.4 is 5.32 Å². The fourth-order valence-electron chi connectivity index (χ4n) is 3.00. The van der Waals surface area contributed by atoms with Crippen LogP contribution in [0.3, 0.4) is 0 Å². The number of carbonyl (C=O) groups excluding carboxylic acids is 1. The van der Waals surface area contributed by atoms with Gasteiger partial charge in [0.15, 0.2) is 0 Å². The largest absolute Gasteiger partial charge is 0.373 e. The second-order valence-corrected chi connectivity index (χ2v) is 9.25. The zero-order chi connectivity index (χ0) is 19.2. The molecule has 1 aromatic rings. The quantitative estimate of drug-likeness (QED) is 0.723. The van der Waals surface area contributed by atoms with Crippen LogP contribution in [-0.2, 0) is 26.0 Å². The summed E-state index contributed by atoms with van der Waals surface area (Å²) in [4.78, 5) is 11.9. The summed E-state index contributed by atoms with van der Waals surface area (Å²) in [6.45, 7) is 4.58. The van der Waals surface area contributed by atoms with E-state index in [1.54, 1.807) is 0 Å². The van der Waals surface area contributed by atoms with Gasteiger partial charge in [-0.2, -0.15) is 4.31 Å². The summed E-state index contributed by atoms with van der Waals surface area (Å²) < 4.78 is 31.8. The number of ether oxygens (including phenoxy) is 1. The van der Waals surface area contributed by atoms with Gasteiger partial charge in [-0.15, -0.1) is 0 Å². The smallest absolute Gasteiger partial charge is 0.220 e. The zero-order valence-electron chi connectivity index (χ0n) is 15.3. The minimum absolute atomic E-state index is 0.0879. The van der Waals surface area contributed by atoms with Crippen molar-refractivity contribution in [1.29, 1.82) is 0 Å². The maximum Gasteiger partial charge on any atom is 0.220 e. The van der Waals surface area contributed by atoms with Crippen LogP contribution in [0, 0.1) is 0 Å². The average Bonchev–Trinajstić information content (AvgIpc) is 2.55. The Morgan fingerprint density at radius 3 is 2.46 bits per heavy atom. The van der Waals surface area contributed by atoms with Gasteiger partial charge in [0.05, 0.1) is 18.0 Å². The Labute approximate surface area is 160 Å². The van der Waals surface area contributed by atoms with Crippen molar-refractivity contribution < 1.29 is 17.9 Å². The molecule has 146 valence electrons. The van der Waals surface area contributed by atoms with E-state index >= 15 is 0 Å². The first kappa shape index (κ1) is 21.2. The summed E-state index contributed by atoms with van der Waals surface area (Å²) >= 11 is 5.84. The molecule has 1 heterocycles. The van der Waals surface area contributed by atoms with Crippen LogP contribution in [0.4, 0.5) is 0 Å². The maximum atomic E-state index is 12.4. The number of amides is 1. The van der Waals surface area contributed by atoms with E-state index in [2.05, 4.69) is 5.32 Å².